The first-order chi connectivity index (χ1) is 12.7. The molecule has 3 aromatic rings. The third-order valence-electron chi connectivity index (χ3n) is 4.87. The Morgan fingerprint density at radius 1 is 0.962 bits per heavy atom. The maximum atomic E-state index is 12.8. The van der Waals surface area contributed by atoms with Crippen molar-refractivity contribution < 1.29 is 9.21 Å². The predicted octanol–water partition coefficient (Wildman–Crippen LogP) is 4.28. The highest BCUT2D eigenvalue weighted by molar-refractivity contribution is 5.95. The van der Waals surface area contributed by atoms with Crippen LogP contribution in [0.25, 0.3) is 22.9 Å². The van der Waals surface area contributed by atoms with Gasteiger partial charge in [0.25, 0.3) is 5.91 Å². The van der Waals surface area contributed by atoms with E-state index in [0.717, 1.165) is 37.1 Å². The van der Waals surface area contributed by atoms with E-state index in [0.29, 0.717) is 23.3 Å². The molecule has 0 spiro atoms. The van der Waals surface area contributed by atoms with Gasteiger partial charge >= 0.3 is 0 Å². The van der Waals surface area contributed by atoms with Gasteiger partial charge in [-0.05, 0) is 49.1 Å². The SMILES string of the molecule is CC1CCN(C(=O)c2cccc(-c3nnc(-c4ccccc4)o3)c2)CC1. The summed E-state index contributed by atoms with van der Waals surface area (Å²) >= 11 is 0. The van der Waals surface area contributed by atoms with Crippen molar-refractivity contribution >= 4 is 5.91 Å². The normalized spacial score (nSPS) is 15.2. The number of hydrogen-bond donors (Lipinski definition) is 0. The molecule has 0 radical (unpaired) electrons. The van der Waals surface area contributed by atoms with Gasteiger partial charge < -0.3 is 9.32 Å². The predicted molar refractivity (Wildman–Crippen MR) is 99.5 cm³/mol. The van der Waals surface area contributed by atoms with Gasteiger partial charge in [-0.2, -0.15) is 0 Å². The van der Waals surface area contributed by atoms with Gasteiger partial charge in [0, 0.05) is 29.8 Å². The van der Waals surface area contributed by atoms with E-state index in [2.05, 4.69) is 17.1 Å². The first-order valence-corrected chi connectivity index (χ1v) is 8.99. The van der Waals surface area contributed by atoms with Gasteiger partial charge in [0.05, 0.1) is 0 Å². The summed E-state index contributed by atoms with van der Waals surface area (Å²) in [5, 5.41) is 8.27. The van der Waals surface area contributed by atoms with E-state index in [1.165, 1.54) is 0 Å². The molecule has 132 valence electrons. The molecule has 1 saturated heterocycles. The molecule has 1 fully saturated rings. The van der Waals surface area contributed by atoms with Crippen molar-refractivity contribution in [2.45, 2.75) is 19.8 Å². The summed E-state index contributed by atoms with van der Waals surface area (Å²) in [6.45, 7) is 3.88. The molecule has 1 aliphatic heterocycles. The standard InChI is InChI=1S/C21H21N3O2/c1-15-10-12-24(13-11-15)21(25)18-9-5-8-17(14-18)20-23-22-19(26-20)16-6-3-2-4-7-16/h2-9,14-15H,10-13H2,1H3. The zero-order chi connectivity index (χ0) is 17.9. The van der Waals surface area contributed by atoms with E-state index >= 15 is 0 Å². The van der Waals surface area contributed by atoms with Gasteiger partial charge in [0.1, 0.15) is 0 Å². The Hall–Kier alpha value is -2.95. The molecule has 1 amide bonds. The van der Waals surface area contributed by atoms with Crippen LogP contribution < -0.4 is 0 Å². The number of amides is 1. The Morgan fingerprint density at radius 3 is 2.35 bits per heavy atom. The zero-order valence-electron chi connectivity index (χ0n) is 14.8. The average molecular weight is 347 g/mol. The maximum absolute atomic E-state index is 12.8. The van der Waals surface area contributed by atoms with Crippen LogP contribution in [0.4, 0.5) is 0 Å². The number of carbonyl (C=O) groups is 1. The highest BCUT2D eigenvalue weighted by Crippen LogP contribution is 2.25. The highest BCUT2D eigenvalue weighted by Gasteiger charge is 2.22. The lowest BCUT2D eigenvalue weighted by Crippen LogP contribution is -2.37. The van der Waals surface area contributed by atoms with Gasteiger partial charge in [-0.25, -0.2) is 0 Å². The summed E-state index contributed by atoms with van der Waals surface area (Å²) in [6.07, 6.45) is 2.13. The fraction of sp³-hybridized carbons (Fsp3) is 0.286. The lowest BCUT2D eigenvalue weighted by Gasteiger charge is -2.30. The molecule has 26 heavy (non-hydrogen) atoms. The number of likely N-dealkylation sites (tertiary alicyclic amines) is 1. The van der Waals surface area contributed by atoms with E-state index in [-0.39, 0.29) is 5.91 Å². The highest BCUT2D eigenvalue weighted by atomic mass is 16.4. The Labute approximate surface area is 152 Å². The van der Waals surface area contributed by atoms with Crippen molar-refractivity contribution in [1.82, 2.24) is 15.1 Å². The molecule has 0 bridgehead atoms. The number of hydrogen-bond acceptors (Lipinski definition) is 4. The second kappa shape index (κ2) is 7.12. The fourth-order valence-corrected chi connectivity index (χ4v) is 3.22. The quantitative estimate of drug-likeness (QED) is 0.710. The molecule has 0 aliphatic carbocycles. The average Bonchev–Trinajstić information content (AvgIpc) is 3.19. The molecule has 0 unspecified atom stereocenters. The summed E-state index contributed by atoms with van der Waals surface area (Å²) in [6, 6.07) is 17.1. The molecule has 2 heterocycles. The lowest BCUT2D eigenvalue weighted by molar-refractivity contribution is 0.0697. The van der Waals surface area contributed by atoms with Crippen LogP contribution in [0, 0.1) is 5.92 Å². The first-order valence-electron chi connectivity index (χ1n) is 8.99. The van der Waals surface area contributed by atoms with E-state index in [1.54, 1.807) is 0 Å². The van der Waals surface area contributed by atoms with Crippen molar-refractivity contribution in [1.29, 1.82) is 0 Å². The monoisotopic (exact) mass is 347 g/mol. The van der Waals surface area contributed by atoms with Crippen LogP contribution in [-0.4, -0.2) is 34.1 Å². The number of aromatic nitrogens is 2. The molecular formula is C21H21N3O2. The maximum Gasteiger partial charge on any atom is 0.253 e. The zero-order valence-corrected chi connectivity index (χ0v) is 14.8. The van der Waals surface area contributed by atoms with Crippen molar-refractivity contribution in [3.63, 3.8) is 0 Å². The van der Waals surface area contributed by atoms with Crippen molar-refractivity contribution in [2.24, 2.45) is 5.92 Å². The molecule has 5 heteroatoms. The second-order valence-corrected chi connectivity index (χ2v) is 6.83. The minimum absolute atomic E-state index is 0.0709. The molecule has 1 aliphatic rings. The minimum atomic E-state index is 0.0709. The lowest BCUT2D eigenvalue weighted by atomic mass is 9.98. The van der Waals surface area contributed by atoms with Crippen LogP contribution in [0.3, 0.4) is 0 Å². The fourth-order valence-electron chi connectivity index (χ4n) is 3.22. The van der Waals surface area contributed by atoms with Crippen LogP contribution in [0.1, 0.15) is 30.1 Å². The van der Waals surface area contributed by atoms with Gasteiger partial charge in [-0.15, -0.1) is 10.2 Å². The molecule has 4 rings (SSSR count). The largest absolute Gasteiger partial charge is 0.416 e. The number of carbonyl (C=O) groups excluding carboxylic acids is 1. The Balaban J connectivity index is 1.56. The van der Waals surface area contributed by atoms with Crippen molar-refractivity contribution in [3.8, 4) is 22.9 Å². The molecule has 2 aromatic carbocycles. The van der Waals surface area contributed by atoms with Crippen LogP contribution in [0.2, 0.25) is 0 Å². The number of piperidine rings is 1. The third-order valence-corrected chi connectivity index (χ3v) is 4.87. The van der Waals surface area contributed by atoms with E-state index in [4.69, 9.17) is 4.42 Å². The summed E-state index contributed by atoms with van der Waals surface area (Å²) in [5.74, 6) is 1.66. The van der Waals surface area contributed by atoms with Crippen LogP contribution >= 0.6 is 0 Å². The van der Waals surface area contributed by atoms with Gasteiger partial charge in [-0.1, -0.05) is 31.2 Å². The van der Waals surface area contributed by atoms with Gasteiger partial charge in [0.15, 0.2) is 0 Å². The number of nitrogens with zero attached hydrogens (tertiary/aromatic N) is 3. The van der Waals surface area contributed by atoms with Crippen LogP contribution in [0.15, 0.2) is 59.0 Å². The smallest absolute Gasteiger partial charge is 0.253 e. The summed E-state index contributed by atoms with van der Waals surface area (Å²) < 4.78 is 5.80. The van der Waals surface area contributed by atoms with E-state index in [9.17, 15) is 4.79 Å². The molecule has 5 nitrogen and oxygen atoms in total. The first kappa shape index (κ1) is 16.5. The summed E-state index contributed by atoms with van der Waals surface area (Å²) in [5.41, 5.74) is 2.30. The third kappa shape index (κ3) is 3.38. The molecule has 0 N–H and O–H groups in total. The van der Waals surface area contributed by atoms with Crippen molar-refractivity contribution in [3.05, 3.63) is 60.2 Å². The second-order valence-electron chi connectivity index (χ2n) is 6.83. The van der Waals surface area contributed by atoms with Crippen molar-refractivity contribution in [2.75, 3.05) is 13.1 Å². The molecule has 0 atom stereocenters. The molecular weight excluding hydrogens is 326 g/mol. The summed E-state index contributed by atoms with van der Waals surface area (Å²) in [7, 11) is 0. The van der Waals surface area contributed by atoms with E-state index < -0.39 is 0 Å². The summed E-state index contributed by atoms with van der Waals surface area (Å²) in [4.78, 5) is 14.7. The van der Waals surface area contributed by atoms with Crippen LogP contribution in [-0.2, 0) is 0 Å². The molecule has 1 aromatic heterocycles. The minimum Gasteiger partial charge on any atom is -0.416 e. The van der Waals surface area contributed by atoms with Gasteiger partial charge in [0.2, 0.25) is 11.8 Å². The Bertz CT molecular complexity index is 896. The van der Waals surface area contributed by atoms with E-state index in [1.807, 2.05) is 59.5 Å². The number of benzene rings is 2. The molecule has 0 saturated carbocycles. The van der Waals surface area contributed by atoms with Crippen LogP contribution in [0.5, 0.6) is 0 Å². The Morgan fingerprint density at radius 2 is 1.62 bits per heavy atom. The van der Waals surface area contributed by atoms with Gasteiger partial charge in [-0.3, -0.25) is 4.79 Å². The number of rotatable bonds is 3. The Kier molecular flexibility index (Phi) is 4.52. The topological polar surface area (TPSA) is 59.2 Å².